The van der Waals surface area contributed by atoms with Crippen molar-refractivity contribution in [3.8, 4) is 5.75 Å². The summed E-state index contributed by atoms with van der Waals surface area (Å²) in [5.74, 6) is 0.546. The summed E-state index contributed by atoms with van der Waals surface area (Å²) >= 11 is 0. The highest BCUT2D eigenvalue weighted by atomic mass is 16.5. The fourth-order valence-electron chi connectivity index (χ4n) is 2.65. The predicted octanol–water partition coefficient (Wildman–Crippen LogP) is 0.502. The lowest BCUT2D eigenvalue weighted by Crippen LogP contribution is -2.34. The molecule has 1 aromatic carbocycles. The molecule has 5 nitrogen and oxygen atoms in total. The van der Waals surface area contributed by atoms with Gasteiger partial charge in [0.15, 0.2) is 0 Å². The van der Waals surface area contributed by atoms with Gasteiger partial charge in [-0.2, -0.15) is 0 Å². The first-order chi connectivity index (χ1) is 9.15. The van der Waals surface area contributed by atoms with Gasteiger partial charge in [0, 0.05) is 19.1 Å². The van der Waals surface area contributed by atoms with E-state index >= 15 is 0 Å². The molecule has 0 aromatic heterocycles. The summed E-state index contributed by atoms with van der Waals surface area (Å²) in [5.41, 5.74) is 12.4. The molecule has 19 heavy (non-hydrogen) atoms. The number of hydrogen-bond donors (Lipinski definition) is 2. The normalized spacial score (nSPS) is 21.3. The number of nitrogens with two attached hydrogens (primary N) is 2. The molecular weight excluding hydrogens is 242 g/mol. The smallest absolute Gasteiger partial charge is 0.221 e. The van der Waals surface area contributed by atoms with E-state index in [4.69, 9.17) is 16.2 Å². The largest absolute Gasteiger partial charge is 0.497 e. The Morgan fingerprint density at radius 3 is 2.95 bits per heavy atom. The molecule has 5 heteroatoms. The highest BCUT2D eigenvalue weighted by Crippen LogP contribution is 2.28. The third-order valence-corrected chi connectivity index (χ3v) is 3.76. The summed E-state index contributed by atoms with van der Waals surface area (Å²) in [6.07, 6.45) is 0.815. The monoisotopic (exact) mass is 263 g/mol. The molecule has 4 N–H and O–H groups in total. The van der Waals surface area contributed by atoms with Crippen molar-refractivity contribution in [2.75, 3.05) is 26.7 Å². The maximum Gasteiger partial charge on any atom is 0.221 e. The van der Waals surface area contributed by atoms with Crippen LogP contribution in [0.5, 0.6) is 5.75 Å². The number of methoxy groups -OCH3 is 1. The first-order valence-corrected chi connectivity index (χ1v) is 6.53. The second-order valence-electron chi connectivity index (χ2n) is 4.91. The number of benzene rings is 1. The number of amides is 1. The van der Waals surface area contributed by atoms with Crippen molar-refractivity contribution in [3.63, 3.8) is 0 Å². The van der Waals surface area contributed by atoms with Gasteiger partial charge in [-0.15, -0.1) is 0 Å². The molecule has 2 unspecified atom stereocenters. The zero-order valence-electron chi connectivity index (χ0n) is 11.2. The van der Waals surface area contributed by atoms with Gasteiger partial charge in [-0.25, -0.2) is 0 Å². The predicted molar refractivity (Wildman–Crippen MR) is 73.7 cm³/mol. The lowest BCUT2D eigenvalue weighted by molar-refractivity contribution is -0.121. The van der Waals surface area contributed by atoms with Crippen LogP contribution in [0.15, 0.2) is 24.3 Å². The van der Waals surface area contributed by atoms with E-state index in [0.29, 0.717) is 13.1 Å². The molecule has 2 rings (SSSR count). The van der Waals surface area contributed by atoms with Gasteiger partial charge in [-0.3, -0.25) is 9.69 Å². The highest BCUT2D eigenvalue weighted by Gasteiger charge is 2.31. The van der Waals surface area contributed by atoms with Gasteiger partial charge in [0.1, 0.15) is 5.75 Å². The van der Waals surface area contributed by atoms with E-state index in [0.717, 1.165) is 24.3 Å². The lowest BCUT2D eigenvalue weighted by atomic mass is 10.1. The molecule has 1 amide bonds. The van der Waals surface area contributed by atoms with Crippen molar-refractivity contribution < 1.29 is 9.53 Å². The van der Waals surface area contributed by atoms with Crippen LogP contribution in [0.2, 0.25) is 0 Å². The van der Waals surface area contributed by atoms with Crippen molar-refractivity contribution in [2.45, 2.75) is 12.5 Å². The fraction of sp³-hybridized carbons (Fsp3) is 0.500. The Labute approximate surface area is 113 Å². The number of rotatable bonds is 5. The standard InChI is InChI=1S/C14H21N3O2/c1-19-12-4-2-3-10(7-12)13(8-15)17-6-5-11(9-17)14(16)18/h2-4,7,11,13H,5-6,8-9,15H2,1H3,(H2,16,18). The molecule has 0 radical (unpaired) electrons. The second kappa shape index (κ2) is 6.04. The van der Waals surface area contributed by atoms with Crippen LogP contribution in [0.1, 0.15) is 18.0 Å². The van der Waals surface area contributed by atoms with Crippen LogP contribution >= 0.6 is 0 Å². The molecular formula is C14H21N3O2. The van der Waals surface area contributed by atoms with E-state index in [1.54, 1.807) is 7.11 Å². The Bertz CT molecular complexity index is 450. The molecule has 0 spiro atoms. The Balaban J connectivity index is 2.14. The van der Waals surface area contributed by atoms with E-state index in [-0.39, 0.29) is 17.9 Å². The third kappa shape index (κ3) is 3.05. The van der Waals surface area contributed by atoms with Crippen molar-refractivity contribution in [1.82, 2.24) is 4.90 Å². The SMILES string of the molecule is COc1cccc(C(CN)N2CCC(C(N)=O)C2)c1. The van der Waals surface area contributed by atoms with E-state index in [2.05, 4.69) is 4.90 Å². The summed E-state index contributed by atoms with van der Waals surface area (Å²) < 4.78 is 5.24. The van der Waals surface area contributed by atoms with Crippen molar-refractivity contribution >= 4 is 5.91 Å². The average Bonchev–Trinajstić information content (AvgIpc) is 2.90. The van der Waals surface area contributed by atoms with E-state index in [1.165, 1.54) is 0 Å². The average molecular weight is 263 g/mol. The van der Waals surface area contributed by atoms with Gasteiger partial charge in [0.2, 0.25) is 5.91 Å². The molecule has 0 saturated carbocycles. The lowest BCUT2D eigenvalue weighted by Gasteiger charge is -2.27. The Kier molecular flexibility index (Phi) is 4.39. The first kappa shape index (κ1) is 13.8. The molecule has 0 bridgehead atoms. The van der Waals surface area contributed by atoms with Crippen molar-refractivity contribution in [1.29, 1.82) is 0 Å². The van der Waals surface area contributed by atoms with Gasteiger partial charge in [-0.05, 0) is 30.7 Å². The molecule has 1 aromatic rings. The maximum absolute atomic E-state index is 11.2. The number of hydrogen-bond acceptors (Lipinski definition) is 4. The van der Waals surface area contributed by atoms with Gasteiger partial charge in [0.25, 0.3) is 0 Å². The van der Waals surface area contributed by atoms with Crippen LogP contribution in [-0.2, 0) is 4.79 Å². The number of ether oxygens (including phenoxy) is 1. The minimum Gasteiger partial charge on any atom is -0.497 e. The molecule has 2 atom stereocenters. The molecule has 1 saturated heterocycles. The summed E-state index contributed by atoms with van der Waals surface area (Å²) in [4.78, 5) is 13.5. The van der Waals surface area contributed by atoms with E-state index in [9.17, 15) is 4.79 Å². The van der Waals surface area contributed by atoms with Gasteiger partial charge in [-0.1, -0.05) is 12.1 Å². The van der Waals surface area contributed by atoms with Crippen LogP contribution in [0, 0.1) is 5.92 Å². The minimum absolute atomic E-state index is 0.0559. The topological polar surface area (TPSA) is 81.6 Å². The number of primary amides is 1. The van der Waals surface area contributed by atoms with Crippen LogP contribution in [0.3, 0.4) is 0 Å². The Hall–Kier alpha value is -1.59. The maximum atomic E-state index is 11.2. The number of likely N-dealkylation sites (tertiary alicyclic amines) is 1. The van der Waals surface area contributed by atoms with Crippen molar-refractivity contribution in [3.05, 3.63) is 29.8 Å². The van der Waals surface area contributed by atoms with E-state index in [1.807, 2.05) is 24.3 Å². The van der Waals surface area contributed by atoms with Gasteiger partial charge in [0.05, 0.1) is 13.0 Å². The van der Waals surface area contributed by atoms with Crippen LogP contribution < -0.4 is 16.2 Å². The number of carbonyl (C=O) groups is 1. The van der Waals surface area contributed by atoms with E-state index < -0.39 is 0 Å². The van der Waals surface area contributed by atoms with Gasteiger partial charge < -0.3 is 16.2 Å². The Morgan fingerprint density at radius 1 is 1.58 bits per heavy atom. The van der Waals surface area contributed by atoms with Crippen LogP contribution in [0.4, 0.5) is 0 Å². The summed E-state index contributed by atoms with van der Waals surface area (Å²) in [6, 6.07) is 8.01. The summed E-state index contributed by atoms with van der Waals surface area (Å²) in [7, 11) is 1.65. The number of carbonyl (C=O) groups excluding carboxylic acids is 1. The zero-order chi connectivity index (χ0) is 13.8. The quantitative estimate of drug-likeness (QED) is 0.810. The van der Waals surface area contributed by atoms with Crippen LogP contribution in [0.25, 0.3) is 0 Å². The Morgan fingerprint density at radius 2 is 2.37 bits per heavy atom. The second-order valence-corrected chi connectivity index (χ2v) is 4.91. The zero-order valence-corrected chi connectivity index (χ0v) is 11.2. The molecule has 1 fully saturated rings. The molecule has 104 valence electrons. The molecule has 0 aliphatic carbocycles. The highest BCUT2D eigenvalue weighted by molar-refractivity contribution is 5.77. The summed E-state index contributed by atoms with van der Waals surface area (Å²) in [5, 5.41) is 0. The third-order valence-electron chi connectivity index (χ3n) is 3.76. The van der Waals surface area contributed by atoms with Crippen LogP contribution in [-0.4, -0.2) is 37.6 Å². The molecule has 1 aliphatic rings. The molecule has 1 heterocycles. The fourth-order valence-corrected chi connectivity index (χ4v) is 2.65. The first-order valence-electron chi connectivity index (χ1n) is 6.53. The molecule has 1 aliphatic heterocycles. The summed E-state index contributed by atoms with van der Waals surface area (Å²) in [6.45, 7) is 2.06. The van der Waals surface area contributed by atoms with Gasteiger partial charge >= 0.3 is 0 Å². The number of nitrogens with zero attached hydrogens (tertiary/aromatic N) is 1. The minimum atomic E-state index is -0.219. The van der Waals surface area contributed by atoms with Crippen molar-refractivity contribution in [2.24, 2.45) is 17.4 Å².